The zero-order valence-corrected chi connectivity index (χ0v) is 17.9. The van der Waals surface area contributed by atoms with Crippen molar-refractivity contribution < 1.29 is 57.3 Å². The Kier molecular flexibility index (Phi) is 12.4. The summed E-state index contributed by atoms with van der Waals surface area (Å²) in [6.07, 6.45) is -2.06. The quantitative estimate of drug-likeness (QED) is 0.232. The van der Waals surface area contributed by atoms with Crippen molar-refractivity contribution in [1.82, 2.24) is 0 Å². The van der Waals surface area contributed by atoms with Crippen molar-refractivity contribution in [1.29, 1.82) is 0 Å². The van der Waals surface area contributed by atoms with Crippen LogP contribution < -0.4 is 0 Å². The van der Waals surface area contributed by atoms with Crippen molar-refractivity contribution in [2.45, 2.75) is 69.7 Å². The molecule has 0 aromatic carbocycles. The number of carbonyl (C=O) groups is 1. The Morgan fingerprint density at radius 2 is 1.20 bits per heavy atom. The molecule has 0 atom stereocenters. The Labute approximate surface area is 171 Å². The second-order valence-corrected chi connectivity index (χ2v) is 9.94. The first kappa shape index (κ1) is 31.5. The highest BCUT2D eigenvalue weighted by Crippen LogP contribution is 2.54. The molecule has 0 aromatic heterocycles. The van der Waals surface area contributed by atoms with Gasteiger partial charge in [-0.25, -0.2) is 8.42 Å². The minimum absolute atomic E-state index is 0.371. The number of ketones is 1. The maximum Gasteiger partial charge on any atom is 0.460 e. The Hall–Kier alpha value is -0.700. The van der Waals surface area contributed by atoms with Crippen LogP contribution in [0.3, 0.4) is 0 Å². The molecule has 30 heavy (non-hydrogen) atoms. The van der Waals surface area contributed by atoms with E-state index in [0.29, 0.717) is 16.7 Å². The number of carbonyl (C=O) groups excluding carboxylic acids is 1. The smallest absolute Gasteiger partial charge is 0.460 e. The summed E-state index contributed by atoms with van der Waals surface area (Å²) in [4.78, 5) is 11.0. The van der Waals surface area contributed by atoms with Gasteiger partial charge in [-0.05, 0) is 30.7 Å². The summed E-state index contributed by atoms with van der Waals surface area (Å²) in [7, 11) is -7.02. The fourth-order valence-electron chi connectivity index (χ4n) is 1.75. The Morgan fingerprint density at radius 1 is 0.833 bits per heavy atom. The lowest BCUT2D eigenvalue weighted by Gasteiger charge is -2.34. The molecular weight excluding hydrogens is 479 g/mol. The van der Waals surface area contributed by atoms with E-state index in [4.69, 9.17) is 0 Å². The van der Waals surface area contributed by atoms with Gasteiger partial charge in [-0.3, -0.25) is 4.79 Å². The van der Waals surface area contributed by atoms with Gasteiger partial charge in [0.1, 0.15) is 11.5 Å². The molecule has 0 saturated heterocycles. The van der Waals surface area contributed by atoms with E-state index >= 15 is 0 Å². The molecule has 0 bridgehead atoms. The molecule has 0 N–H and O–H groups in total. The summed E-state index contributed by atoms with van der Waals surface area (Å²) in [5.74, 6) is -11.1. The van der Waals surface area contributed by atoms with Crippen LogP contribution in [0, 0.1) is 0 Å². The van der Waals surface area contributed by atoms with Gasteiger partial charge < -0.3 is 4.55 Å². The lowest BCUT2D eigenvalue weighted by atomic mass is 10.1. The first-order valence-electron chi connectivity index (χ1n) is 8.49. The molecule has 0 aliphatic carbocycles. The first-order chi connectivity index (χ1) is 13.2. The van der Waals surface area contributed by atoms with E-state index < -0.39 is 33.4 Å². The first-order valence-corrected chi connectivity index (χ1v) is 11.6. The monoisotopic (exact) mass is 502 g/mol. The molecule has 0 aromatic rings. The van der Waals surface area contributed by atoms with Crippen molar-refractivity contribution in [3.8, 4) is 0 Å². The van der Waals surface area contributed by atoms with Crippen molar-refractivity contribution in [2.24, 2.45) is 0 Å². The third-order valence-corrected chi connectivity index (χ3v) is 6.84. The lowest BCUT2D eigenvalue weighted by Crippen LogP contribution is -2.63. The molecule has 0 saturated carbocycles. The number of halogens is 9. The van der Waals surface area contributed by atoms with E-state index in [1.807, 2.05) is 0 Å². The third-order valence-electron chi connectivity index (χ3n) is 3.41. The van der Waals surface area contributed by atoms with Crippen molar-refractivity contribution >= 4 is 26.8 Å². The summed E-state index contributed by atoms with van der Waals surface area (Å²) < 4.78 is 135. The van der Waals surface area contributed by atoms with Crippen molar-refractivity contribution in [2.75, 3.05) is 17.3 Å². The molecule has 0 amide bonds. The second-order valence-electron chi connectivity index (χ2n) is 6.19. The second kappa shape index (κ2) is 11.8. The van der Waals surface area contributed by atoms with Crippen LogP contribution in [-0.4, -0.2) is 59.3 Å². The van der Waals surface area contributed by atoms with Crippen LogP contribution in [0.15, 0.2) is 0 Å². The lowest BCUT2D eigenvalue weighted by molar-refractivity contribution is -0.382. The van der Waals surface area contributed by atoms with Gasteiger partial charge in [-0.2, -0.15) is 39.5 Å². The molecule has 0 radical (unpaired) electrons. The zero-order valence-electron chi connectivity index (χ0n) is 16.3. The molecule has 0 unspecified atom stereocenters. The van der Waals surface area contributed by atoms with Gasteiger partial charge in [0.2, 0.25) is 0 Å². The fourth-order valence-corrected chi connectivity index (χ4v) is 4.65. The molecule has 182 valence electrons. The van der Waals surface area contributed by atoms with E-state index in [-0.39, 0.29) is 0 Å². The van der Waals surface area contributed by atoms with Gasteiger partial charge in [0.05, 0.1) is 0 Å². The average Bonchev–Trinajstić information content (AvgIpc) is 2.55. The third kappa shape index (κ3) is 8.44. The summed E-state index contributed by atoms with van der Waals surface area (Å²) in [6.45, 7) is 6.15. The number of rotatable bonds is 11. The summed E-state index contributed by atoms with van der Waals surface area (Å²) in [5.41, 5.74) is 0. The molecule has 0 aliphatic rings. The molecule has 4 nitrogen and oxygen atoms in total. The molecule has 0 fully saturated rings. The van der Waals surface area contributed by atoms with E-state index in [0.717, 1.165) is 5.75 Å². The highest BCUT2D eigenvalue weighted by Gasteiger charge is 2.83. The highest BCUT2D eigenvalue weighted by atomic mass is 32.2. The molecule has 0 spiro atoms. The largest absolute Gasteiger partial charge is 0.743 e. The minimum atomic E-state index is -7.43. The number of alkyl halides is 9. The molecule has 0 aliphatic heterocycles. The molecular formula is C15H23F9O4S2. The van der Waals surface area contributed by atoms with Crippen LogP contribution in [0.2, 0.25) is 0 Å². The Balaban J connectivity index is 0. The maximum atomic E-state index is 12.2. The van der Waals surface area contributed by atoms with E-state index in [9.17, 15) is 57.3 Å². The fraction of sp³-hybridized carbons (Fsp3) is 0.933. The van der Waals surface area contributed by atoms with Crippen LogP contribution in [0.1, 0.15) is 46.5 Å². The van der Waals surface area contributed by atoms with E-state index in [1.165, 1.54) is 37.2 Å². The van der Waals surface area contributed by atoms with Gasteiger partial charge in [-0.15, -0.1) is 0 Å². The Bertz CT molecular complexity index is 627. The Morgan fingerprint density at radius 3 is 1.43 bits per heavy atom. The number of hydrogen-bond acceptors (Lipinski definition) is 4. The van der Waals surface area contributed by atoms with Crippen LogP contribution in [0.4, 0.5) is 39.5 Å². The van der Waals surface area contributed by atoms with Crippen molar-refractivity contribution in [3.63, 3.8) is 0 Å². The molecule has 0 rings (SSSR count). The van der Waals surface area contributed by atoms with Crippen LogP contribution >= 0.6 is 0 Å². The average molecular weight is 502 g/mol. The van der Waals surface area contributed by atoms with Gasteiger partial charge in [-0.1, -0.05) is 26.7 Å². The van der Waals surface area contributed by atoms with Gasteiger partial charge in [0.15, 0.2) is 21.7 Å². The number of hydrogen-bond donors (Lipinski definition) is 0. The summed E-state index contributed by atoms with van der Waals surface area (Å²) >= 11 is 0. The number of Topliss-reactive ketones (excluding diaryl/α,β-unsaturated/α-hetero) is 1. The predicted molar refractivity (Wildman–Crippen MR) is 93.1 cm³/mol. The van der Waals surface area contributed by atoms with Gasteiger partial charge >= 0.3 is 23.3 Å². The van der Waals surface area contributed by atoms with Crippen LogP contribution in [0.5, 0.6) is 0 Å². The normalized spacial score (nSPS) is 13.8. The number of unbranched alkanes of at least 4 members (excludes halogenated alkanes) is 2. The van der Waals surface area contributed by atoms with E-state index in [1.54, 1.807) is 6.92 Å². The SMILES string of the molecule is CCCC[S+](CCCC)CC(C)=O.O=S(=O)([O-])C(F)(F)C(F)(F)C(F)(F)C(F)(F)F. The maximum absolute atomic E-state index is 12.2. The minimum Gasteiger partial charge on any atom is -0.743 e. The highest BCUT2D eigenvalue weighted by molar-refractivity contribution is 7.97. The summed E-state index contributed by atoms with van der Waals surface area (Å²) in [6, 6.07) is 0. The van der Waals surface area contributed by atoms with Crippen LogP contribution in [0.25, 0.3) is 0 Å². The topological polar surface area (TPSA) is 74.3 Å². The van der Waals surface area contributed by atoms with Crippen molar-refractivity contribution in [3.05, 3.63) is 0 Å². The molecule has 15 heteroatoms. The van der Waals surface area contributed by atoms with Crippen LogP contribution in [-0.2, 0) is 25.8 Å². The van der Waals surface area contributed by atoms with E-state index in [2.05, 4.69) is 13.8 Å². The molecule has 0 heterocycles. The van der Waals surface area contributed by atoms with Gasteiger partial charge in [0, 0.05) is 0 Å². The zero-order chi connectivity index (χ0) is 24.6. The predicted octanol–water partition coefficient (Wildman–Crippen LogP) is 4.75. The van der Waals surface area contributed by atoms with Gasteiger partial charge in [0.25, 0.3) is 0 Å². The summed E-state index contributed by atoms with van der Waals surface area (Å²) in [5, 5.41) is -7.11. The standard InChI is InChI=1S/C11H23OS.C4HF9O3S/c1-4-6-8-13(9-7-5-2)10-11(3)12;5-1(6,3(9,10)11)2(7,8)4(12,13)17(14,15)16/h4-10H2,1-3H3;(H,14,15,16)/q+1;/p-1.